The Morgan fingerprint density at radius 3 is 1.23 bits per heavy atom. The molecule has 4 heterocycles. The molecule has 0 unspecified atom stereocenters. The number of benzene rings is 4. The minimum Gasteiger partial charge on any atom is -0.467 e. The van der Waals surface area contributed by atoms with Crippen LogP contribution in [-0.2, 0) is 51.5 Å². The number of carbonyl (C=O) groups is 6. The van der Waals surface area contributed by atoms with Crippen LogP contribution in [0.2, 0.25) is 0 Å². The molecule has 2 saturated heterocycles. The maximum atomic E-state index is 12.2. The third-order valence-electron chi connectivity index (χ3n) is 9.06. The quantitative estimate of drug-likeness (QED) is 0.0599. The maximum absolute atomic E-state index is 12.2. The van der Waals surface area contributed by atoms with Gasteiger partial charge in [-0.05, 0) is 47.5 Å². The molecule has 0 N–H and O–H groups in total. The van der Waals surface area contributed by atoms with Crippen molar-refractivity contribution < 1.29 is 66.2 Å². The number of rotatable bonds is 14. The first-order valence-electron chi connectivity index (χ1n) is 18.8. The van der Waals surface area contributed by atoms with E-state index in [0.717, 1.165) is 11.1 Å². The first-order chi connectivity index (χ1) is 30.0. The molecular weight excluding hydrogens is 812 g/mol. The van der Waals surface area contributed by atoms with Crippen LogP contribution >= 0.6 is 0 Å². The van der Waals surface area contributed by atoms with Crippen molar-refractivity contribution >= 4 is 57.5 Å². The van der Waals surface area contributed by atoms with Crippen LogP contribution in [-0.4, -0.2) is 59.3 Å². The molecule has 18 heteroatoms. The first kappa shape index (κ1) is 42.2. The highest BCUT2D eigenvalue weighted by molar-refractivity contribution is 6.04. The third kappa shape index (κ3) is 10.4. The molecule has 316 valence electrons. The van der Waals surface area contributed by atoms with Gasteiger partial charge >= 0.3 is 23.2 Å². The predicted octanol–water partition coefficient (Wildman–Crippen LogP) is 5.13. The van der Waals surface area contributed by atoms with Gasteiger partial charge in [0.05, 0.1) is 13.2 Å². The summed E-state index contributed by atoms with van der Waals surface area (Å²) in [5, 5.41) is 1.61. The van der Waals surface area contributed by atoms with Crippen molar-refractivity contribution in [2.75, 3.05) is 13.6 Å². The Morgan fingerprint density at radius 2 is 0.855 bits per heavy atom. The van der Waals surface area contributed by atoms with Crippen LogP contribution in [0.4, 0.5) is 0 Å². The van der Waals surface area contributed by atoms with Crippen molar-refractivity contribution in [2.45, 2.75) is 38.9 Å². The third-order valence-corrected chi connectivity index (χ3v) is 9.06. The van der Waals surface area contributed by atoms with Gasteiger partial charge < -0.3 is 37.5 Å². The Kier molecular flexibility index (Phi) is 13.2. The van der Waals surface area contributed by atoms with Crippen molar-refractivity contribution in [1.82, 2.24) is 10.1 Å². The number of ether oxygens (including phenoxy) is 4. The summed E-state index contributed by atoms with van der Waals surface area (Å²) < 4.78 is 32.3. The van der Waals surface area contributed by atoms with Crippen molar-refractivity contribution in [2.24, 2.45) is 0 Å². The summed E-state index contributed by atoms with van der Waals surface area (Å²) in [4.78, 5) is 105. The average molecular weight is 847 g/mol. The normalized spacial score (nSPS) is 13.6. The van der Waals surface area contributed by atoms with Crippen LogP contribution in [0.3, 0.4) is 0 Å². The van der Waals surface area contributed by atoms with Crippen molar-refractivity contribution in [3.05, 3.63) is 152 Å². The van der Waals surface area contributed by atoms with Gasteiger partial charge in [0.25, 0.3) is 23.6 Å². The van der Waals surface area contributed by atoms with E-state index in [1.165, 1.54) is 24.3 Å². The molecule has 0 saturated carbocycles. The molecule has 0 radical (unpaired) electrons. The Morgan fingerprint density at radius 1 is 0.484 bits per heavy atom. The van der Waals surface area contributed by atoms with E-state index >= 15 is 0 Å². The van der Waals surface area contributed by atoms with Gasteiger partial charge in [-0.2, -0.15) is 0 Å². The van der Waals surface area contributed by atoms with E-state index in [1.54, 1.807) is 24.3 Å². The minimum absolute atomic E-state index is 0.00701. The van der Waals surface area contributed by atoms with Crippen LogP contribution in [0, 0.1) is 0 Å². The molecule has 2 aromatic heterocycles. The first-order valence-corrected chi connectivity index (χ1v) is 18.8. The van der Waals surface area contributed by atoms with Crippen LogP contribution in [0.5, 0.6) is 11.5 Å². The number of hydrogen-bond acceptors (Lipinski definition) is 16. The topological polar surface area (TPSA) is 225 Å². The lowest BCUT2D eigenvalue weighted by Gasteiger charge is -2.12. The number of hydroxylamine groups is 4. The number of nitrogens with zero attached hydrogens (tertiary/aromatic N) is 2. The van der Waals surface area contributed by atoms with Crippen LogP contribution in [0.15, 0.2) is 128 Å². The van der Waals surface area contributed by atoms with Crippen molar-refractivity contribution in [1.29, 1.82) is 0 Å². The average Bonchev–Trinajstić information content (AvgIpc) is 3.77. The zero-order valence-corrected chi connectivity index (χ0v) is 32.5. The molecule has 0 aliphatic carbocycles. The Hall–Kier alpha value is -7.96. The zero-order chi connectivity index (χ0) is 43.6. The second-order valence-electron chi connectivity index (χ2n) is 13.4. The summed E-state index contributed by atoms with van der Waals surface area (Å²) in [7, 11) is 0. The molecule has 8 rings (SSSR count). The molecule has 18 nitrogen and oxygen atoms in total. The molecule has 2 aliphatic rings. The van der Waals surface area contributed by atoms with E-state index in [4.69, 9.17) is 37.5 Å². The Balaban J connectivity index is 0.000000186. The van der Waals surface area contributed by atoms with Crippen LogP contribution < -0.4 is 20.7 Å². The van der Waals surface area contributed by atoms with Gasteiger partial charge in [-0.15, -0.1) is 10.1 Å². The van der Waals surface area contributed by atoms with E-state index < -0.39 is 57.9 Å². The Labute approximate surface area is 349 Å². The standard InChI is InChI=1S/2C22H17NO8/c2*24-19-8-9-20(25)23(19)31-22(27)17-10-15-6-7-16(11-18(15)30-21(17)26)29-13-28-12-14-4-2-1-3-5-14/h2*1-7,10-11H,8-9,12-13H2. The monoisotopic (exact) mass is 846 g/mol. The fraction of sp³-hybridized carbons (Fsp3) is 0.182. The summed E-state index contributed by atoms with van der Waals surface area (Å²) in [5.41, 5.74) is -0.395. The minimum atomic E-state index is -1.14. The smallest absolute Gasteiger partial charge is 0.371 e. The molecule has 0 spiro atoms. The number of hydrogen-bond donors (Lipinski definition) is 0. The van der Waals surface area contributed by atoms with Crippen LogP contribution in [0.1, 0.15) is 57.5 Å². The molecular formula is C44H34N2O16. The maximum Gasteiger partial charge on any atom is 0.371 e. The molecule has 4 amide bonds. The fourth-order valence-electron chi connectivity index (χ4n) is 5.91. The van der Waals surface area contributed by atoms with Crippen molar-refractivity contribution in [3.63, 3.8) is 0 Å². The molecule has 0 bridgehead atoms. The lowest BCUT2D eigenvalue weighted by atomic mass is 10.2. The lowest BCUT2D eigenvalue weighted by Crippen LogP contribution is -2.33. The van der Waals surface area contributed by atoms with Gasteiger partial charge in [0.1, 0.15) is 33.8 Å². The van der Waals surface area contributed by atoms with Gasteiger partial charge in [0, 0.05) is 48.6 Å². The van der Waals surface area contributed by atoms with Gasteiger partial charge in [-0.3, -0.25) is 19.2 Å². The number of imide groups is 2. The largest absolute Gasteiger partial charge is 0.467 e. The summed E-state index contributed by atoms with van der Waals surface area (Å²) in [6.07, 6.45) is -0.181. The molecule has 4 aromatic carbocycles. The molecule has 62 heavy (non-hydrogen) atoms. The van der Waals surface area contributed by atoms with Gasteiger partial charge in [0.15, 0.2) is 13.6 Å². The number of fused-ring (bicyclic) bond motifs is 2. The van der Waals surface area contributed by atoms with E-state index in [2.05, 4.69) is 0 Å². The second-order valence-corrected chi connectivity index (χ2v) is 13.4. The predicted molar refractivity (Wildman–Crippen MR) is 211 cm³/mol. The highest BCUT2D eigenvalue weighted by Crippen LogP contribution is 2.23. The van der Waals surface area contributed by atoms with E-state index in [9.17, 15) is 38.4 Å². The van der Waals surface area contributed by atoms with Gasteiger partial charge in [0.2, 0.25) is 0 Å². The molecule has 2 fully saturated rings. The van der Waals surface area contributed by atoms with Gasteiger partial charge in [-0.25, -0.2) is 19.2 Å². The van der Waals surface area contributed by atoms with Crippen LogP contribution in [0.25, 0.3) is 21.9 Å². The lowest BCUT2D eigenvalue weighted by molar-refractivity contribution is -0.173. The summed E-state index contributed by atoms with van der Waals surface area (Å²) in [6, 6.07) is 31.2. The summed E-state index contributed by atoms with van der Waals surface area (Å²) >= 11 is 0. The number of carbonyl (C=O) groups excluding carboxylic acids is 6. The van der Waals surface area contributed by atoms with E-state index in [1.807, 2.05) is 60.7 Å². The highest BCUT2D eigenvalue weighted by Gasteiger charge is 2.35. The van der Waals surface area contributed by atoms with E-state index in [-0.39, 0.29) is 50.4 Å². The Bertz CT molecular complexity index is 2560. The van der Waals surface area contributed by atoms with E-state index in [0.29, 0.717) is 45.6 Å². The van der Waals surface area contributed by atoms with Crippen molar-refractivity contribution in [3.8, 4) is 11.5 Å². The number of amides is 4. The summed E-state index contributed by atoms with van der Waals surface area (Å²) in [5.74, 6) is -4.03. The van der Waals surface area contributed by atoms with Gasteiger partial charge in [-0.1, -0.05) is 60.7 Å². The zero-order valence-electron chi connectivity index (χ0n) is 32.5. The molecule has 0 atom stereocenters. The molecule has 6 aromatic rings. The molecule has 2 aliphatic heterocycles. The highest BCUT2D eigenvalue weighted by atomic mass is 16.7. The second kappa shape index (κ2) is 19.4. The SMILES string of the molecule is O=C(ON1C(=O)CCC1=O)c1cc2ccc(OCOCc3ccccc3)cc2oc1=O.O=C(ON1C(=O)CCC1=O)c1cc2ccc(OCOCc3ccccc3)cc2oc1=O. The fourth-order valence-corrected chi connectivity index (χ4v) is 5.91. The summed E-state index contributed by atoms with van der Waals surface area (Å²) in [6.45, 7) is 0.758.